The van der Waals surface area contributed by atoms with Crippen LogP contribution in [0.3, 0.4) is 0 Å². The SMILES string of the molecule is CC(Sc1nnc(-c2ccc(Cl)cc2)n1-c1ccccc1)C(=O)NCC(F)(F)F. The monoisotopic (exact) mass is 440 g/mol. The average Bonchev–Trinajstić information content (AvgIpc) is 3.10. The van der Waals surface area contributed by atoms with E-state index >= 15 is 0 Å². The van der Waals surface area contributed by atoms with Gasteiger partial charge in [-0.05, 0) is 43.3 Å². The largest absolute Gasteiger partial charge is 0.405 e. The van der Waals surface area contributed by atoms with Gasteiger partial charge < -0.3 is 5.32 Å². The van der Waals surface area contributed by atoms with Crippen LogP contribution < -0.4 is 5.32 Å². The van der Waals surface area contributed by atoms with Crippen LogP contribution in [0.15, 0.2) is 59.8 Å². The van der Waals surface area contributed by atoms with Crippen molar-refractivity contribution >= 4 is 29.3 Å². The normalized spacial score (nSPS) is 12.6. The molecule has 0 fully saturated rings. The first-order valence-electron chi connectivity index (χ1n) is 8.52. The van der Waals surface area contributed by atoms with Gasteiger partial charge in [0.25, 0.3) is 0 Å². The molecule has 0 aliphatic rings. The minimum atomic E-state index is -4.47. The molecule has 1 unspecified atom stereocenters. The molecule has 0 bridgehead atoms. The number of alkyl halides is 3. The quantitative estimate of drug-likeness (QED) is 0.562. The van der Waals surface area contributed by atoms with E-state index in [2.05, 4.69) is 10.2 Å². The van der Waals surface area contributed by atoms with E-state index < -0.39 is 23.9 Å². The summed E-state index contributed by atoms with van der Waals surface area (Å²) >= 11 is 6.98. The Morgan fingerprint density at radius 3 is 2.41 bits per heavy atom. The molecule has 152 valence electrons. The zero-order chi connectivity index (χ0) is 21.0. The van der Waals surface area contributed by atoms with Crippen LogP contribution in [0.4, 0.5) is 13.2 Å². The number of para-hydroxylation sites is 1. The Hall–Kier alpha value is -2.52. The number of rotatable bonds is 6. The third kappa shape index (κ3) is 5.51. The second-order valence-corrected chi connectivity index (χ2v) is 7.82. The second-order valence-electron chi connectivity index (χ2n) is 6.08. The highest BCUT2D eigenvalue weighted by molar-refractivity contribution is 8.00. The van der Waals surface area contributed by atoms with Gasteiger partial charge in [0, 0.05) is 16.3 Å². The van der Waals surface area contributed by atoms with Gasteiger partial charge in [-0.3, -0.25) is 9.36 Å². The number of nitrogens with one attached hydrogen (secondary N) is 1. The zero-order valence-corrected chi connectivity index (χ0v) is 16.7. The van der Waals surface area contributed by atoms with Crippen LogP contribution in [-0.4, -0.2) is 38.6 Å². The number of aromatic nitrogens is 3. The van der Waals surface area contributed by atoms with Crippen molar-refractivity contribution in [1.82, 2.24) is 20.1 Å². The number of benzene rings is 2. The molecule has 1 atom stereocenters. The van der Waals surface area contributed by atoms with E-state index in [0.29, 0.717) is 16.0 Å². The Labute approximate surface area is 174 Å². The molecule has 1 aromatic heterocycles. The third-order valence-electron chi connectivity index (χ3n) is 3.86. The molecule has 10 heteroatoms. The smallest absolute Gasteiger partial charge is 0.346 e. The second kappa shape index (κ2) is 8.87. The fourth-order valence-corrected chi connectivity index (χ4v) is 3.50. The number of hydrogen-bond donors (Lipinski definition) is 1. The molecule has 0 aliphatic carbocycles. The molecular formula is C19H16ClF3N4OS. The van der Waals surface area contributed by atoms with Crippen molar-refractivity contribution in [2.24, 2.45) is 0 Å². The maximum absolute atomic E-state index is 12.4. The summed E-state index contributed by atoms with van der Waals surface area (Å²) in [6.07, 6.45) is -4.47. The zero-order valence-electron chi connectivity index (χ0n) is 15.2. The number of thioether (sulfide) groups is 1. The standard InChI is InChI=1S/C19H16ClF3N4OS/c1-12(17(28)24-11-19(21,22)23)29-18-26-25-16(13-7-9-14(20)10-8-13)27(18)15-5-3-2-4-6-15/h2-10,12H,11H2,1H3,(H,24,28). The number of halogens is 4. The molecule has 0 aliphatic heterocycles. The molecule has 1 N–H and O–H groups in total. The van der Waals surface area contributed by atoms with E-state index in [1.54, 1.807) is 28.8 Å². The summed E-state index contributed by atoms with van der Waals surface area (Å²) < 4.78 is 38.8. The molecule has 0 radical (unpaired) electrons. The molecule has 3 aromatic rings. The van der Waals surface area contributed by atoms with E-state index in [-0.39, 0.29) is 0 Å². The average molecular weight is 441 g/mol. The Morgan fingerprint density at radius 2 is 1.79 bits per heavy atom. The van der Waals surface area contributed by atoms with Crippen molar-refractivity contribution < 1.29 is 18.0 Å². The molecule has 1 amide bonds. The first kappa shape index (κ1) is 21.2. The molecule has 2 aromatic carbocycles. The number of hydrogen-bond acceptors (Lipinski definition) is 4. The van der Waals surface area contributed by atoms with E-state index in [9.17, 15) is 18.0 Å². The summed E-state index contributed by atoms with van der Waals surface area (Å²) in [5.41, 5.74) is 1.51. The summed E-state index contributed by atoms with van der Waals surface area (Å²) in [6, 6.07) is 16.3. The minimum Gasteiger partial charge on any atom is -0.346 e. The van der Waals surface area contributed by atoms with Gasteiger partial charge >= 0.3 is 6.18 Å². The van der Waals surface area contributed by atoms with Gasteiger partial charge in [-0.25, -0.2) is 0 Å². The number of amides is 1. The molecule has 29 heavy (non-hydrogen) atoms. The molecule has 0 saturated carbocycles. The van der Waals surface area contributed by atoms with Crippen LogP contribution >= 0.6 is 23.4 Å². The molecule has 5 nitrogen and oxygen atoms in total. The van der Waals surface area contributed by atoms with Gasteiger partial charge in [-0.2, -0.15) is 13.2 Å². The van der Waals surface area contributed by atoms with E-state index in [4.69, 9.17) is 11.6 Å². The van der Waals surface area contributed by atoms with Crippen molar-refractivity contribution in [1.29, 1.82) is 0 Å². The van der Waals surface area contributed by atoms with Crippen LogP contribution in [0.2, 0.25) is 5.02 Å². The van der Waals surface area contributed by atoms with Crippen molar-refractivity contribution in [3.8, 4) is 17.1 Å². The first-order chi connectivity index (χ1) is 13.7. The topological polar surface area (TPSA) is 59.8 Å². The maximum atomic E-state index is 12.4. The summed E-state index contributed by atoms with van der Waals surface area (Å²) in [4.78, 5) is 12.1. The van der Waals surface area contributed by atoms with Crippen LogP contribution in [0.25, 0.3) is 17.1 Å². The molecule has 0 spiro atoms. The molecule has 0 saturated heterocycles. The predicted octanol–water partition coefficient (Wildman–Crippen LogP) is 4.75. The number of nitrogens with zero attached hydrogens (tertiary/aromatic N) is 3. The van der Waals surface area contributed by atoms with Gasteiger partial charge in [0.15, 0.2) is 11.0 Å². The highest BCUT2D eigenvalue weighted by Crippen LogP contribution is 2.30. The summed E-state index contributed by atoms with van der Waals surface area (Å²) in [5.74, 6) is -0.207. The van der Waals surface area contributed by atoms with Gasteiger partial charge in [0.2, 0.25) is 5.91 Å². The Balaban J connectivity index is 1.91. The van der Waals surface area contributed by atoms with Crippen LogP contribution in [0.1, 0.15) is 6.92 Å². The molecule has 3 rings (SSSR count). The highest BCUT2D eigenvalue weighted by atomic mass is 35.5. The van der Waals surface area contributed by atoms with Crippen molar-refractivity contribution in [2.45, 2.75) is 23.5 Å². The van der Waals surface area contributed by atoms with Gasteiger partial charge in [0.1, 0.15) is 6.54 Å². The van der Waals surface area contributed by atoms with Gasteiger partial charge in [0.05, 0.1) is 5.25 Å². The van der Waals surface area contributed by atoms with E-state index in [1.165, 1.54) is 6.92 Å². The number of carbonyl (C=O) groups excluding carboxylic acids is 1. The summed E-state index contributed by atoms with van der Waals surface area (Å²) in [6.45, 7) is 0.139. The Morgan fingerprint density at radius 1 is 1.14 bits per heavy atom. The molecule has 1 heterocycles. The summed E-state index contributed by atoms with van der Waals surface area (Å²) in [5, 5.41) is 10.4. The fraction of sp³-hybridized carbons (Fsp3) is 0.211. The van der Waals surface area contributed by atoms with E-state index in [0.717, 1.165) is 23.0 Å². The van der Waals surface area contributed by atoms with Crippen LogP contribution in [0, 0.1) is 0 Å². The van der Waals surface area contributed by atoms with Gasteiger partial charge in [-0.1, -0.05) is 41.6 Å². The van der Waals surface area contributed by atoms with Crippen molar-refractivity contribution in [3.63, 3.8) is 0 Å². The maximum Gasteiger partial charge on any atom is 0.405 e. The van der Waals surface area contributed by atoms with Crippen molar-refractivity contribution in [2.75, 3.05) is 6.54 Å². The Bertz CT molecular complexity index is 977. The van der Waals surface area contributed by atoms with Gasteiger partial charge in [-0.15, -0.1) is 10.2 Å². The van der Waals surface area contributed by atoms with Crippen LogP contribution in [-0.2, 0) is 4.79 Å². The Kier molecular flexibility index (Phi) is 6.49. The molecular weight excluding hydrogens is 425 g/mol. The van der Waals surface area contributed by atoms with E-state index in [1.807, 2.05) is 35.6 Å². The minimum absolute atomic E-state index is 0.385. The lowest BCUT2D eigenvalue weighted by molar-refractivity contribution is -0.137. The fourth-order valence-electron chi connectivity index (χ4n) is 2.48. The number of carbonyl (C=O) groups is 1. The third-order valence-corrected chi connectivity index (χ3v) is 5.16. The lowest BCUT2D eigenvalue weighted by Crippen LogP contribution is -2.38. The lowest BCUT2D eigenvalue weighted by atomic mass is 10.2. The lowest BCUT2D eigenvalue weighted by Gasteiger charge is -2.14. The summed E-state index contributed by atoms with van der Waals surface area (Å²) in [7, 11) is 0. The van der Waals surface area contributed by atoms with Crippen molar-refractivity contribution in [3.05, 3.63) is 59.6 Å². The first-order valence-corrected chi connectivity index (χ1v) is 9.78. The van der Waals surface area contributed by atoms with Crippen LogP contribution in [0.5, 0.6) is 0 Å². The highest BCUT2D eigenvalue weighted by Gasteiger charge is 2.29. The predicted molar refractivity (Wildman–Crippen MR) is 106 cm³/mol.